The van der Waals surface area contributed by atoms with Crippen LogP contribution in [0.1, 0.15) is 58.9 Å². The molecule has 30 heavy (non-hydrogen) atoms. The number of carbonyl (C=O) groups excluding carboxylic acids is 1. The van der Waals surface area contributed by atoms with Crippen LogP contribution < -0.4 is 5.32 Å². The number of carbonyl (C=O) groups is 1. The zero-order valence-electron chi connectivity index (χ0n) is 19.3. The highest BCUT2D eigenvalue weighted by Gasteiger charge is 2.40. The van der Waals surface area contributed by atoms with Gasteiger partial charge in [0.05, 0.1) is 12.5 Å². The Bertz CT molecular complexity index is 705. The number of benzene rings is 1. The van der Waals surface area contributed by atoms with E-state index in [2.05, 4.69) is 67.4 Å². The van der Waals surface area contributed by atoms with E-state index in [0.717, 1.165) is 45.4 Å². The first-order valence-corrected chi connectivity index (χ1v) is 11.8. The van der Waals surface area contributed by atoms with Crippen molar-refractivity contribution in [1.82, 2.24) is 10.2 Å². The molecule has 1 aliphatic heterocycles. The molecule has 0 aromatic heterocycles. The summed E-state index contributed by atoms with van der Waals surface area (Å²) >= 11 is 0. The second-order valence-electron chi connectivity index (χ2n) is 9.78. The smallest absolute Gasteiger partial charge is 0.309 e. The number of piperidine rings is 1. The second kappa shape index (κ2) is 10.6. The minimum Gasteiger partial charge on any atom is -0.466 e. The fraction of sp³-hybridized carbons (Fsp3) is 0.654. The van der Waals surface area contributed by atoms with Crippen molar-refractivity contribution in [3.63, 3.8) is 0 Å². The highest BCUT2D eigenvalue weighted by atomic mass is 16.5. The van der Waals surface area contributed by atoms with Gasteiger partial charge in [0.2, 0.25) is 0 Å². The Balaban J connectivity index is 1.41. The van der Waals surface area contributed by atoms with Gasteiger partial charge in [-0.15, -0.1) is 0 Å². The molecule has 4 heteroatoms. The Morgan fingerprint density at radius 1 is 1.20 bits per heavy atom. The Hall–Kier alpha value is -1.65. The van der Waals surface area contributed by atoms with E-state index in [1.54, 1.807) is 5.57 Å². The number of esters is 1. The van der Waals surface area contributed by atoms with Gasteiger partial charge in [-0.2, -0.15) is 0 Å². The van der Waals surface area contributed by atoms with Gasteiger partial charge in [0.15, 0.2) is 0 Å². The van der Waals surface area contributed by atoms with Crippen molar-refractivity contribution in [2.24, 2.45) is 17.3 Å². The van der Waals surface area contributed by atoms with Crippen molar-refractivity contribution in [2.75, 3.05) is 32.8 Å². The molecule has 1 aromatic rings. The first kappa shape index (κ1) is 23.0. The average molecular weight is 413 g/mol. The fourth-order valence-corrected chi connectivity index (χ4v) is 4.72. The highest BCUT2D eigenvalue weighted by molar-refractivity contribution is 5.72. The zero-order valence-corrected chi connectivity index (χ0v) is 19.3. The lowest BCUT2D eigenvalue weighted by Gasteiger charge is -2.37. The summed E-state index contributed by atoms with van der Waals surface area (Å²) in [7, 11) is 0. The van der Waals surface area contributed by atoms with Gasteiger partial charge in [-0.05, 0) is 62.6 Å². The van der Waals surface area contributed by atoms with E-state index in [9.17, 15) is 4.79 Å². The predicted molar refractivity (Wildman–Crippen MR) is 124 cm³/mol. The number of hydrogen-bond donors (Lipinski definition) is 1. The molecule has 4 nitrogen and oxygen atoms in total. The monoisotopic (exact) mass is 412 g/mol. The summed E-state index contributed by atoms with van der Waals surface area (Å²) in [5, 5.41) is 3.84. The summed E-state index contributed by atoms with van der Waals surface area (Å²) in [6, 6.07) is 11.3. The summed E-state index contributed by atoms with van der Waals surface area (Å²) < 4.78 is 5.19. The molecule has 1 N–H and O–H groups in total. The molecule has 0 bridgehead atoms. The Morgan fingerprint density at radius 3 is 2.53 bits per heavy atom. The van der Waals surface area contributed by atoms with Crippen LogP contribution >= 0.6 is 0 Å². The maximum absolute atomic E-state index is 11.9. The Morgan fingerprint density at radius 2 is 1.90 bits per heavy atom. The molecule has 1 saturated carbocycles. The molecule has 1 aromatic carbocycles. The molecule has 0 amide bonds. The fourth-order valence-electron chi connectivity index (χ4n) is 4.72. The third kappa shape index (κ3) is 6.68. The lowest BCUT2D eigenvalue weighted by molar-refractivity contribution is -0.149. The Labute approximate surface area is 183 Å². The SMILES string of the molecule is CCOC(=O)C1CCN(CC(C)(C)CN[C@@H]2C[C@H]2/C(=C/c2ccccc2)CC)CC1. The van der Waals surface area contributed by atoms with Crippen LogP contribution in [-0.4, -0.2) is 49.7 Å². The van der Waals surface area contributed by atoms with Gasteiger partial charge in [-0.3, -0.25) is 4.79 Å². The molecule has 166 valence electrons. The largest absolute Gasteiger partial charge is 0.466 e. The van der Waals surface area contributed by atoms with Gasteiger partial charge < -0.3 is 15.0 Å². The van der Waals surface area contributed by atoms with Crippen LogP contribution in [0.25, 0.3) is 6.08 Å². The van der Waals surface area contributed by atoms with Crippen molar-refractivity contribution >= 4 is 12.0 Å². The molecule has 0 radical (unpaired) electrons. The van der Waals surface area contributed by atoms with E-state index >= 15 is 0 Å². The molecule has 1 saturated heterocycles. The third-order valence-corrected chi connectivity index (χ3v) is 6.53. The van der Waals surface area contributed by atoms with Gasteiger partial charge in [0.1, 0.15) is 0 Å². The number of nitrogens with zero attached hydrogens (tertiary/aromatic N) is 1. The second-order valence-corrected chi connectivity index (χ2v) is 9.78. The van der Waals surface area contributed by atoms with Gasteiger partial charge >= 0.3 is 5.97 Å². The summed E-state index contributed by atoms with van der Waals surface area (Å²) in [5.41, 5.74) is 3.10. The maximum Gasteiger partial charge on any atom is 0.309 e. The molecular formula is C26H40N2O2. The number of ether oxygens (including phenoxy) is 1. The van der Waals surface area contributed by atoms with Crippen LogP contribution in [0.3, 0.4) is 0 Å². The molecule has 0 unspecified atom stereocenters. The number of rotatable bonds is 10. The van der Waals surface area contributed by atoms with Gasteiger partial charge in [0, 0.05) is 19.1 Å². The lowest BCUT2D eigenvalue weighted by Crippen LogP contribution is -2.45. The van der Waals surface area contributed by atoms with Crippen LogP contribution in [0, 0.1) is 17.3 Å². The van der Waals surface area contributed by atoms with Crippen LogP contribution in [0.5, 0.6) is 0 Å². The molecule has 3 rings (SSSR count). The van der Waals surface area contributed by atoms with Gasteiger partial charge in [-0.25, -0.2) is 0 Å². The average Bonchev–Trinajstić information content (AvgIpc) is 3.51. The lowest BCUT2D eigenvalue weighted by atomic mass is 9.90. The third-order valence-electron chi connectivity index (χ3n) is 6.53. The van der Waals surface area contributed by atoms with Crippen molar-refractivity contribution < 1.29 is 9.53 Å². The molecule has 1 aliphatic carbocycles. The number of nitrogens with one attached hydrogen (secondary N) is 1. The van der Waals surface area contributed by atoms with Crippen LogP contribution in [0.15, 0.2) is 35.9 Å². The summed E-state index contributed by atoms with van der Waals surface area (Å²) in [4.78, 5) is 14.5. The molecule has 2 aliphatic rings. The zero-order chi connectivity index (χ0) is 21.6. The summed E-state index contributed by atoms with van der Waals surface area (Å²) in [5.74, 6) is 0.776. The minimum absolute atomic E-state index is 0.00635. The molecule has 2 fully saturated rings. The number of hydrogen-bond acceptors (Lipinski definition) is 4. The summed E-state index contributed by atoms with van der Waals surface area (Å²) in [6.45, 7) is 13.5. The first-order valence-electron chi connectivity index (χ1n) is 11.8. The van der Waals surface area contributed by atoms with Gasteiger partial charge in [0.25, 0.3) is 0 Å². The molecule has 2 atom stereocenters. The molecule has 1 heterocycles. The molecule has 0 spiro atoms. The van der Waals surface area contributed by atoms with Gasteiger partial charge in [-0.1, -0.05) is 62.8 Å². The number of likely N-dealkylation sites (tertiary alicyclic amines) is 1. The minimum atomic E-state index is -0.00635. The van der Waals surface area contributed by atoms with Crippen LogP contribution in [-0.2, 0) is 9.53 Å². The van der Waals surface area contributed by atoms with E-state index < -0.39 is 0 Å². The van der Waals surface area contributed by atoms with E-state index in [4.69, 9.17) is 4.74 Å². The highest BCUT2D eigenvalue weighted by Crippen LogP contribution is 2.40. The topological polar surface area (TPSA) is 41.6 Å². The summed E-state index contributed by atoms with van der Waals surface area (Å²) in [6.07, 6.45) is 6.61. The quantitative estimate of drug-likeness (QED) is 0.563. The normalized spacial score (nSPS) is 23.4. The maximum atomic E-state index is 11.9. The van der Waals surface area contributed by atoms with E-state index in [-0.39, 0.29) is 17.3 Å². The van der Waals surface area contributed by atoms with Crippen molar-refractivity contribution in [3.8, 4) is 0 Å². The standard InChI is InChI=1S/C26H40N2O2/c1-5-21(16-20-10-8-7-9-11-20)23-17-24(23)27-18-26(3,4)19-28-14-12-22(13-15-28)25(29)30-6-2/h7-11,16,22-24,27H,5-6,12-15,17-19H2,1-4H3/b21-16+/t23-,24+/m0/s1. The predicted octanol–water partition coefficient (Wildman–Crippen LogP) is 4.76. The van der Waals surface area contributed by atoms with E-state index in [1.165, 1.54) is 12.0 Å². The van der Waals surface area contributed by atoms with Crippen molar-refractivity contribution in [2.45, 2.75) is 59.4 Å². The van der Waals surface area contributed by atoms with E-state index in [0.29, 0.717) is 18.6 Å². The Kier molecular flexibility index (Phi) is 8.13. The van der Waals surface area contributed by atoms with Crippen LogP contribution in [0.4, 0.5) is 0 Å². The van der Waals surface area contributed by atoms with Crippen molar-refractivity contribution in [1.29, 1.82) is 0 Å². The van der Waals surface area contributed by atoms with Crippen molar-refractivity contribution in [3.05, 3.63) is 41.5 Å². The van der Waals surface area contributed by atoms with E-state index in [1.807, 2.05) is 6.92 Å². The molecular weight excluding hydrogens is 372 g/mol. The first-order chi connectivity index (χ1) is 14.4. The van der Waals surface area contributed by atoms with Crippen LogP contribution in [0.2, 0.25) is 0 Å².